The molecule has 7 nitrogen and oxygen atoms in total. The summed E-state index contributed by atoms with van der Waals surface area (Å²) in [4.78, 5) is 4.35. The van der Waals surface area contributed by atoms with E-state index in [1.807, 2.05) is 18.2 Å². The number of nitrogens with one attached hydrogen (secondary N) is 2. The van der Waals surface area contributed by atoms with Gasteiger partial charge in [0.15, 0.2) is 17.5 Å². The number of aliphatic imine (C=N–C) groups is 1. The molecule has 174 valence electrons. The molecule has 0 bridgehead atoms. The van der Waals surface area contributed by atoms with E-state index in [0.29, 0.717) is 32.9 Å². The van der Waals surface area contributed by atoms with E-state index in [4.69, 9.17) is 18.9 Å². The minimum atomic E-state index is 0. The average molecular weight is 553 g/mol. The summed E-state index contributed by atoms with van der Waals surface area (Å²) in [5, 5.41) is 6.75. The van der Waals surface area contributed by atoms with Gasteiger partial charge in [0.25, 0.3) is 0 Å². The Kier molecular flexibility index (Phi) is 9.28. The number of aryl methyl sites for hydroxylation is 1. The maximum atomic E-state index is 6.19. The van der Waals surface area contributed by atoms with Crippen molar-refractivity contribution in [2.75, 3.05) is 33.5 Å². The van der Waals surface area contributed by atoms with Gasteiger partial charge < -0.3 is 29.6 Å². The Morgan fingerprint density at radius 2 is 1.84 bits per heavy atom. The zero-order valence-corrected chi connectivity index (χ0v) is 21.0. The van der Waals surface area contributed by atoms with E-state index in [9.17, 15) is 0 Å². The molecule has 8 heteroatoms. The summed E-state index contributed by atoms with van der Waals surface area (Å²) in [6.07, 6.45) is 1.95. The fraction of sp³-hybridized carbons (Fsp3) is 0.458. The minimum Gasteiger partial charge on any atom is -0.490 e. The van der Waals surface area contributed by atoms with E-state index in [1.165, 1.54) is 5.56 Å². The van der Waals surface area contributed by atoms with E-state index >= 15 is 0 Å². The molecule has 32 heavy (non-hydrogen) atoms. The summed E-state index contributed by atoms with van der Waals surface area (Å²) in [5.41, 5.74) is 3.37. The molecular weight excluding hydrogens is 521 g/mol. The maximum Gasteiger partial charge on any atom is 0.191 e. The molecule has 2 aliphatic rings. The van der Waals surface area contributed by atoms with Crippen LogP contribution < -0.4 is 24.8 Å². The van der Waals surface area contributed by atoms with Gasteiger partial charge in [-0.2, -0.15) is 0 Å². The fourth-order valence-electron chi connectivity index (χ4n) is 3.61. The Bertz CT molecular complexity index is 916. The summed E-state index contributed by atoms with van der Waals surface area (Å²) < 4.78 is 23.1. The molecule has 0 spiro atoms. The summed E-state index contributed by atoms with van der Waals surface area (Å²) in [6, 6.07) is 12.3. The van der Waals surface area contributed by atoms with Gasteiger partial charge in [0.1, 0.15) is 11.9 Å². The molecule has 1 atom stereocenters. The molecule has 2 aromatic rings. The third-order valence-corrected chi connectivity index (χ3v) is 5.35. The van der Waals surface area contributed by atoms with Gasteiger partial charge in [0.2, 0.25) is 0 Å². The van der Waals surface area contributed by atoms with Crippen LogP contribution in [0.4, 0.5) is 0 Å². The van der Waals surface area contributed by atoms with Crippen LogP contribution in [0, 0.1) is 6.92 Å². The van der Waals surface area contributed by atoms with Crippen LogP contribution in [0.3, 0.4) is 0 Å². The summed E-state index contributed by atoms with van der Waals surface area (Å²) in [6.45, 7) is 6.11. The molecule has 4 rings (SSSR count). The predicted molar refractivity (Wildman–Crippen MR) is 136 cm³/mol. The first-order chi connectivity index (χ1) is 15.2. The highest BCUT2D eigenvalue weighted by Crippen LogP contribution is 2.30. The summed E-state index contributed by atoms with van der Waals surface area (Å²) in [5.74, 6) is 3.24. The number of halogens is 1. The number of hydrogen-bond donors (Lipinski definition) is 2. The monoisotopic (exact) mass is 553 g/mol. The zero-order valence-electron chi connectivity index (χ0n) is 18.7. The van der Waals surface area contributed by atoms with Crippen molar-refractivity contribution in [2.45, 2.75) is 39.0 Å². The van der Waals surface area contributed by atoms with Crippen molar-refractivity contribution in [1.82, 2.24) is 10.6 Å². The second-order valence-corrected chi connectivity index (χ2v) is 7.83. The second-order valence-electron chi connectivity index (χ2n) is 7.83. The first-order valence-electron chi connectivity index (χ1n) is 10.9. The van der Waals surface area contributed by atoms with Gasteiger partial charge in [0, 0.05) is 38.5 Å². The van der Waals surface area contributed by atoms with Gasteiger partial charge in [-0.05, 0) is 36.2 Å². The third-order valence-electron chi connectivity index (χ3n) is 5.35. The number of benzene rings is 2. The molecule has 1 fully saturated rings. The number of guanidine groups is 1. The lowest BCUT2D eigenvalue weighted by atomic mass is 10.1. The van der Waals surface area contributed by atoms with Gasteiger partial charge in [0.05, 0.1) is 26.4 Å². The number of fused-ring (bicyclic) bond motifs is 1. The smallest absolute Gasteiger partial charge is 0.191 e. The van der Waals surface area contributed by atoms with Crippen molar-refractivity contribution in [3.8, 4) is 17.2 Å². The lowest BCUT2D eigenvalue weighted by molar-refractivity contribution is 0.140. The molecule has 0 amide bonds. The van der Waals surface area contributed by atoms with Crippen LogP contribution in [-0.4, -0.2) is 45.5 Å². The van der Waals surface area contributed by atoms with Gasteiger partial charge in [-0.1, -0.05) is 18.2 Å². The van der Waals surface area contributed by atoms with Crippen molar-refractivity contribution < 1.29 is 18.9 Å². The van der Waals surface area contributed by atoms with Gasteiger partial charge in [-0.3, -0.25) is 4.99 Å². The molecule has 2 aliphatic heterocycles. The minimum absolute atomic E-state index is 0. The number of rotatable bonds is 6. The molecule has 2 aromatic carbocycles. The Labute approximate surface area is 206 Å². The highest BCUT2D eigenvalue weighted by Gasteiger charge is 2.19. The zero-order chi connectivity index (χ0) is 21.5. The predicted octanol–water partition coefficient (Wildman–Crippen LogP) is 3.81. The quantitative estimate of drug-likeness (QED) is 0.322. The molecule has 2 heterocycles. The van der Waals surface area contributed by atoms with Crippen molar-refractivity contribution in [3.05, 3.63) is 53.1 Å². The molecule has 1 saturated heterocycles. The topological polar surface area (TPSA) is 73.3 Å². The van der Waals surface area contributed by atoms with E-state index in [1.54, 1.807) is 7.05 Å². The van der Waals surface area contributed by atoms with E-state index in [2.05, 4.69) is 40.7 Å². The van der Waals surface area contributed by atoms with Crippen molar-refractivity contribution in [2.24, 2.45) is 4.99 Å². The first-order valence-corrected chi connectivity index (χ1v) is 10.9. The third kappa shape index (κ3) is 6.65. The van der Waals surface area contributed by atoms with Crippen LogP contribution in [-0.2, 0) is 17.8 Å². The Hall–Kier alpha value is -2.20. The lowest BCUT2D eigenvalue weighted by Gasteiger charge is -2.18. The fourth-order valence-corrected chi connectivity index (χ4v) is 3.61. The SMILES string of the molecule is CN=C(NCc1ccc2c(c1)OCCCO2)NCc1ccc(C)cc1OC1CCOC1.I. The van der Waals surface area contributed by atoms with Gasteiger partial charge >= 0.3 is 0 Å². The van der Waals surface area contributed by atoms with Crippen LogP contribution in [0.2, 0.25) is 0 Å². The molecule has 0 radical (unpaired) electrons. The van der Waals surface area contributed by atoms with Crippen LogP contribution >= 0.6 is 24.0 Å². The van der Waals surface area contributed by atoms with Gasteiger partial charge in [-0.15, -0.1) is 24.0 Å². The molecular formula is C24H32IN3O4. The van der Waals surface area contributed by atoms with Crippen molar-refractivity contribution >= 4 is 29.9 Å². The molecule has 2 N–H and O–H groups in total. The summed E-state index contributed by atoms with van der Waals surface area (Å²) in [7, 11) is 1.77. The Balaban J connectivity index is 0.00000289. The van der Waals surface area contributed by atoms with Gasteiger partial charge in [-0.25, -0.2) is 0 Å². The Morgan fingerprint density at radius 1 is 1.03 bits per heavy atom. The van der Waals surface area contributed by atoms with Crippen LogP contribution in [0.25, 0.3) is 0 Å². The second kappa shape index (κ2) is 12.2. The first kappa shape index (κ1) is 24.4. The molecule has 0 aromatic heterocycles. The van der Waals surface area contributed by atoms with Crippen molar-refractivity contribution in [1.29, 1.82) is 0 Å². The molecule has 0 saturated carbocycles. The normalized spacial score (nSPS) is 17.8. The summed E-state index contributed by atoms with van der Waals surface area (Å²) >= 11 is 0. The van der Waals surface area contributed by atoms with E-state index in [-0.39, 0.29) is 30.1 Å². The average Bonchev–Trinajstić information content (AvgIpc) is 3.17. The van der Waals surface area contributed by atoms with Crippen molar-refractivity contribution in [3.63, 3.8) is 0 Å². The lowest BCUT2D eigenvalue weighted by Crippen LogP contribution is -2.36. The largest absolute Gasteiger partial charge is 0.490 e. The highest BCUT2D eigenvalue weighted by atomic mass is 127. The number of nitrogens with zero attached hydrogens (tertiary/aromatic N) is 1. The number of hydrogen-bond acceptors (Lipinski definition) is 5. The molecule has 1 unspecified atom stereocenters. The van der Waals surface area contributed by atoms with Crippen LogP contribution in [0.5, 0.6) is 17.2 Å². The maximum absolute atomic E-state index is 6.19. The van der Waals surface area contributed by atoms with Crippen LogP contribution in [0.15, 0.2) is 41.4 Å². The van der Waals surface area contributed by atoms with Crippen LogP contribution in [0.1, 0.15) is 29.5 Å². The van der Waals surface area contributed by atoms with E-state index < -0.39 is 0 Å². The Morgan fingerprint density at radius 3 is 2.62 bits per heavy atom. The highest BCUT2D eigenvalue weighted by molar-refractivity contribution is 14.0. The standard InChI is InChI=1S/C24H31N3O4.HI/c1-17-4-6-19(22(12-17)31-20-8-11-28-16-20)15-27-24(25-2)26-14-18-5-7-21-23(13-18)30-10-3-9-29-21;/h4-7,12-13,20H,3,8-11,14-16H2,1-2H3,(H2,25,26,27);1H. The van der Waals surface area contributed by atoms with E-state index in [0.717, 1.165) is 53.8 Å². The molecule has 0 aliphatic carbocycles. The number of ether oxygens (including phenoxy) is 4.